The van der Waals surface area contributed by atoms with Crippen LogP contribution in [-0.4, -0.2) is 32.2 Å². The van der Waals surface area contributed by atoms with Gasteiger partial charge in [0.15, 0.2) is 0 Å². The zero-order valence-electron chi connectivity index (χ0n) is 15.5. The standard InChI is InChI=1S/C21H21N3O4/c1-2-11-22-16-9-5-6-10-17(16)23(21(22)28)13-19(25)24-15-8-4-3-7-14(15)12-18(24)20(26)27/h3-10,18H,2,11-13H2,1H3,(H,26,27)/t18-/m1/s1. The van der Waals surface area contributed by atoms with Gasteiger partial charge < -0.3 is 5.11 Å². The van der Waals surface area contributed by atoms with Gasteiger partial charge in [0.25, 0.3) is 0 Å². The molecule has 144 valence electrons. The first-order valence-electron chi connectivity index (χ1n) is 9.33. The van der Waals surface area contributed by atoms with Crippen molar-refractivity contribution in [2.45, 2.75) is 38.9 Å². The lowest BCUT2D eigenvalue weighted by Gasteiger charge is -2.22. The molecule has 7 nitrogen and oxygen atoms in total. The van der Waals surface area contributed by atoms with Gasteiger partial charge in [-0.25, -0.2) is 9.59 Å². The minimum Gasteiger partial charge on any atom is -0.480 e. The molecular formula is C21H21N3O4. The highest BCUT2D eigenvalue weighted by atomic mass is 16.4. The van der Waals surface area contributed by atoms with E-state index in [1.807, 2.05) is 43.3 Å². The molecule has 0 unspecified atom stereocenters. The number of carboxylic acid groups (broad SMARTS) is 1. The number of aromatic nitrogens is 2. The summed E-state index contributed by atoms with van der Waals surface area (Å²) in [6.45, 7) is 2.35. The summed E-state index contributed by atoms with van der Waals surface area (Å²) in [5, 5.41) is 9.60. The molecule has 0 saturated carbocycles. The molecule has 7 heteroatoms. The number of para-hydroxylation sites is 3. The summed E-state index contributed by atoms with van der Waals surface area (Å²) in [6.07, 6.45) is 1.06. The van der Waals surface area contributed by atoms with Crippen LogP contribution >= 0.6 is 0 Å². The van der Waals surface area contributed by atoms with Crippen molar-refractivity contribution in [2.24, 2.45) is 0 Å². The molecule has 1 aliphatic rings. The average molecular weight is 379 g/mol. The molecule has 0 saturated heterocycles. The molecule has 1 aromatic heterocycles. The Morgan fingerprint density at radius 1 is 1.04 bits per heavy atom. The fourth-order valence-electron chi connectivity index (χ4n) is 3.97. The topological polar surface area (TPSA) is 84.5 Å². The van der Waals surface area contributed by atoms with E-state index >= 15 is 0 Å². The summed E-state index contributed by atoms with van der Waals surface area (Å²) >= 11 is 0. The molecule has 1 N–H and O–H groups in total. The van der Waals surface area contributed by atoms with Crippen molar-refractivity contribution in [3.05, 3.63) is 64.6 Å². The molecule has 0 radical (unpaired) electrons. The summed E-state index contributed by atoms with van der Waals surface area (Å²) < 4.78 is 3.10. The van der Waals surface area contributed by atoms with E-state index in [4.69, 9.17) is 0 Å². The van der Waals surface area contributed by atoms with Crippen LogP contribution in [0.4, 0.5) is 5.69 Å². The lowest BCUT2D eigenvalue weighted by molar-refractivity contribution is -0.140. The second-order valence-electron chi connectivity index (χ2n) is 6.96. The van der Waals surface area contributed by atoms with Crippen molar-refractivity contribution in [2.75, 3.05) is 4.90 Å². The Labute approximate surface area is 161 Å². The number of imidazole rings is 1. The van der Waals surface area contributed by atoms with Crippen molar-refractivity contribution in [1.29, 1.82) is 0 Å². The summed E-state index contributed by atoms with van der Waals surface area (Å²) in [4.78, 5) is 39.1. The molecule has 1 aliphatic heterocycles. The molecule has 0 bridgehead atoms. The fourth-order valence-corrected chi connectivity index (χ4v) is 3.97. The second kappa shape index (κ2) is 6.99. The molecule has 0 aliphatic carbocycles. The number of anilines is 1. The Balaban J connectivity index is 1.76. The maximum atomic E-state index is 13.1. The lowest BCUT2D eigenvalue weighted by Crippen LogP contribution is -2.45. The van der Waals surface area contributed by atoms with Crippen molar-refractivity contribution >= 4 is 28.6 Å². The van der Waals surface area contributed by atoms with Gasteiger partial charge in [-0.3, -0.25) is 18.8 Å². The maximum Gasteiger partial charge on any atom is 0.329 e. The molecule has 0 fully saturated rings. The van der Waals surface area contributed by atoms with E-state index in [0.29, 0.717) is 17.7 Å². The van der Waals surface area contributed by atoms with Gasteiger partial charge in [0.05, 0.1) is 11.0 Å². The van der Waals surface area contributed by atoms with Crippen LogP contribution in [0.2, 0.25) is 0 Å². The number of carboxylic acids is 1. The van der Waals surface area contributed by atoms with E-state index in [1.165, 1.54) is 9.47 Å². The number of amides is 1. The maximum absolute atomic E-state index is 13.1. The summed E-state index contributed by atoms with van der Waals surface area (Å²) in [5.74, 6) is -1.45. The van der Waals surface area contributed by atoms with Gasteiger partial charge in [-0.05, 0) is 30.2 Å². The van der Waals surface area contributed by atoms with Crippen LogP contribution in [-0.2, 0) is 29.1 Å². The number of rotatable bonds is 5. The van der Waals surface area contributed by atoms with E-state index in [1.54, 1.807) is 16.7 Å². The van der Waals surface area contributed by atoms with Gasteiger partial charge in [0, 0.05) is 18.7 Å². The summed E-state index contributed by atoms with van der Waals surface area (Å²) in [6, 6.07) is 13.6. The average Bonchev–Trinajstić information content (AvgIpc) is 3.20. The molecule has 2 aromatic carbocycles. The Kier molecular flexibility index (Phi) is 4.50. The van der Waals surface area contributed by atoms with E-state index in [-0.39, 0.29) is 18.7 Å². The predicted octanol–water partition coefficient (Wildman–Crippen LogP) is 2.26. The number of aliphatic carboxylic acids is 1. The Morgan fingerprint density at radius 3 is 2.36 bits per heavy atom. The number of fused-ring (bicyclic) bond motifs is 2. The number of hydrogen-bond donors (Lipinski definition) is 1. The first-order valence-corrected chi connectivity index (χ1v) is 9.33. The van der Waals surface area contributed by atoms with Crippen molar-refractivity contribution < 1.29 is 14.7 Å². The zero-order valence-corrected chi connectivity index (χ0v) is 15.5. The smallest absolute Gasteiger partial charge is 0.329 e. The zero-order chi connectivity index (χ0) is 19.8. The minimum atomic E-state index is -1.05. The van der Waals surface area contributed by atoms with Crippen LogP contribution in [0.25, 0.3) is 11.0 Å². The lowest BCUT2D eigenvalue weighted by atomic mass is 10.1. The number of carbonyl (C=O) groups is 2. The largest absolute Gasteiger partial charge is 0.480 e. The number of hydrogen-bond acceptors (Lipinski definition) is 3. The van der Waals surface area contributed by atoms with Crippen molar-refractivity contribution in [1.82, 2.24) is 9.13 Å². The first-order chi connectivity index (χ1) is 13.5. The number of aryl methyl sites for hydroxylation is 1. The van der Waals surface area contributed by atoms with Gasteiger partial charge in [-0.1, -0.05) is 37.3 Å². The van der Waals surface area contributed by atoms with Gasteiger partial charge in [-0.2, -0.15) is 0 Å². The van der Waals surface area contributed by atoms with Crippen LogP contribution in [0.1, 0.15) is 18.9 Å². The van der Waals surface area contributed by atoms with Crippen molar-refractivity contribution in [3.8, 4) is 0 Å². The third kappa shape index (κ3) is 2.79. The van der Waals surface area contributed by atoms with Gasteiger partial charge in [0.2, 0.25) is 5.91 Å². The second-order valence-corrected chi connectivity index (χ2v) is 6.96. The normalized spacial score (nSPS) is 15.8. The van der Waals surface area contributed by atoms with Gasteiger partial charge in [-0.15, -0.1) is 0 Å². The van der Waals surface area contributed by atoms with Crippen LogP contribution in [0.5, 0.6) is 0 Å². The highest BCUT2D eigenvalue weighted by Crippen LogP contribution is 2.32. The van der Waals surface area contributed by atoms with E-state index in [0.717, 1.165) is 17.5 Å². The van der Waals surface area contributed by atoms with Crippen molar-refractivity contribution in [3.63, 3.8) is 0 Å². The van der Waals surface area contributed by atoms with Gasteiger partial charge >= 0.3 is 11.7 Å². The van der Waals surface area contributed by atoms with Crippen LogP contribution in [0.15, 0.2) is 53.3 Å². The Bertz CT molecular complexity index is 1130. The molecular weight excluding hydrogens is 358 g/mol. The third-order valence-electron chi connectivity index (χ3n) is 5.20. The Hall–Kier alpha value is -3.35. The summed E-state index contributed by atoms with van der Waals surface area (Å²) in [5.41, 5.74) is 2.62. The SMILES string of the molecule is CCCn1c(=O)n(CC(=O)N2c3ccccc3C[C@@H]2C(=O)O)c2ccccc21. The highest BCUT2D eigenvalue weighted by Gasteiger charge is 2.38. The van der Waals surface area contributed by atoms with E-state index in [2.05, 4.69) is 0 Å². The van der Waals surface area contributed by atoms with Crippen LogP contribution in [0, 0.1) is 0 Å². The first kappa shape index (κ1) is 18.0. The minimum absolute atomic E-state index is 0.200. The predicted molar refractivity (Wildman–Crippen MR) is 106 cm³/mol. The Morgan fingerprint density at radius 2 is 1.68 bits per heavy atom. The third-order valence-corrected chi connectivity index (χ3v) is 5.20. The highest BCUT2D eigenvalue weighted by molar-refractivity contribution is 6.02. The number of nitrogens with zero attached hydrogens (tertiary/aromatic N) is 3. The number of carbonyl (C=O) groups excluding carboxylic acids is 1. The molecule has 28 heavy (non-hydrogen) atoms. The molecule has 1 amide bonds. The molecule has 1 atom stereocenters. The monoisotopic (exact) mass is 379 g/mol. The molecule has 2 heterocycles. The fraction of sp³-hybridized carbons (Fsp3) is 0.286. The van der Waals surface area contributed by atoms with Crippen LogP contribution < -0.4 is 10.6 Å². The quantitative estimate of drug-likeness (QED) is 0.737. The van der Waals surface area contributed by atoms with E-state index in [9.17, 15) is 19.5 Å². The molecule has 4 rings (SSSR count). The molecule has 0 spiro atoms. The van der Waals surface area contributed by atoms with E-state index < -0.39 is 17.9 Å². The van der Waals surface area contributed by atoms with Gasteiger partial charge in [0.1, 0.15) is 12.6 Å². The summed E-state index contributed by atoms with van der Waals surface area (Å²) in [7, 11) is 0. The molecule has 3 aromatic rings. The number of benzene rings is 2. The van der Waals surface area contributed by atoms with Crippen LogP contribution in [0.3, 0.4) is 0 Å².